The lowest BCUT2D eigenvalue weighted by atomic mass is 10.1. The average Bonchev–Trinajstić information content (AvgIpc) is 2.72. The molecule has 6 heteroatoms. The SMILES string of the molecule is Cc1csc(CNc2cccc(F)c2C(N)=S)n1. The highest BCUT2D eigenvalue weighted by Gasteiger charge is 2.11. The van der Waals surface area contributed by atoms with Gasteiger partial charge in [0, 0.05) is 16.8 Å². The second-order valence-corrected chi connectivity index (χ2v) is 5.15. The van der Waals surface area contributed by atoms with Gasteiger partial charge in [-0.3, -0.25) is 0 Å². The monoisotopic (exact) mass is 281 g/mol. The number of thiazole rings is 1. The van der Waals surface area contributed by atoms with Crippen molar-refractivity contribution in [3.8, 4) is 0 Å². The fourth-order valence-electron chi connectivity index (χ4n) is 1.58. The molecule has 2 rings (SSSR count). The van der Waals surface area contributed by atoms with Crippen molar-refractivity contribution in [2.24, 2.45) is 5.73 Å². The first-order chi connectivity index (χ1) is 8.58. The predicted molar refractivity (Wildman–Crippen MR) is 76.5 cm³/mol. The Kier molecular flexibility index (Phi) is 3.88. The molecule has 0 bridgehead atoms. The van der Waals surface area contributed by atoms with Gasteiger partial charge in [-0.2, -0.15) is 0 Å². The number of hydrogen-bond acceptors (Lipinski definition) is 4. The number of nitrogens with two attached hydrogens (primary N) is 1. The Hall–Kier alpha value is -1.53. The van der Waals surface area contributed by atoms with Crippen molar-refractivity contribution in [2.45, 2.75) is 13.5 Å². The molecule has 0 aliphatic rings. The van der Waals surface area contributed by atoms with Crippen LogP contribution in [0.2, 0.25) is 0 Å². The molecule has 0 unspecified atom stereocenters. The normalized spacial score (nSPS) is 10.3. The average molecular weight is 281 g/mol. The van der Waals surface area contributed by atoms with Gasteiger partial charge in [-0.15, -0.1) is 11.3 Å². The molecule has 0 saturated carbocycles. The van der Waals surface area contributed by atoms with E-state index in [2.05, 4.69) is 10.3 Å². The zero-order chi connectivity index (χ0) is 13.1. The molecule has 0 radical (unpaired) electrons. The highest BCUT2D eigenvalue weighted by atomic mass is 32.1. The third kappa shape index (κ3) is 2.83. The number of halogens is 1. The molecule has 3 N–H and O–H groups in total. The third-order valence-corrected chi connectivity index (χ3v) is 3.53. The number of nitrogens with one attached hydrogen (secondary N) is 1. The number of rotatable bonds is 4. The number of aromatic nitrogens is 1. The van der Waals surface area contributed by atoms with Crippen LogP contribution in [0, 0.1) is 12.7 Å². The number of nitrogens with zero attached hydrogens (tertiary/aromatic N) is 1. The highest BCUT2D eigenvalue weighted by molar-refractivity contribution is 7.80. The topological polar surface area (TPSA) is 50.9 Å². The van der Waals surface area contributed by atoms with E-state index in [1.807, 2.05) is 12.3 Å². The van der Waals surface area contributed by atoms with Crippen LogP contribution in [-0.2, 0) is 6.54 Å². The van der Waals surface area contributed by atoms with E-state index in [9.17, 15) is 4.39 Å². The number of aryl methyl sites for hydroxylation is 1. The van der Waals surface area contributed by atoms with Crippen molar-refractivity contribution in [3.63, 3.8) is 0 Å². The lowest BCUT2D eigenvalue weighted by Gasteiger charge is -2.10. The van der Waals surface area contributed by atoms with Gasteiger partial charge >= 0.3 is 0 Å². The maximum Gasteiger partial charge on any atom is 0.135 e. The molecule has 0 atom stereocenters. The van der Waals surface area contributed by atoms with Crippen LogP contribution in [0.15, 0.2) is 23.6 Å². The lowest BCUT2D eigenvalue weighted by Crippen LogP contribution is -2.15. The Bertz CT molecular complexity index is 580. The van der Waals surface area contributed by atoms with Crippen LogP contribution in [-0.4, -0.2) is 9.97 Å². The number of benzene rings is 1. The first-order valence-corrected chi connectivity index (χ1v) is 6.60. The lowest BCUT2D eigenvalue weighted by molar-refractivity contribution is 0.626. The summed E-state index contributed by atoms with van der Waals surface area (Å²) in [4.78, 5) is 4.37. The molecule has 0 saturated heterocycles. The van der Waals surface area contributed by atoms with Crippen LogP contribution in [0.25, 0.3) is 0 Å². The fraction of sp³-hybridized carbons (Fsp3) is 0.167. The Labute approximate surface area is 114 Å². The van der Waals surface area contributed by atoms with Gasteiger partial charge in [0.2, 0.25) is 0 Å². The molecular formula is C12H12FN3S2. The van der Waals surface area contributed by atoms with E-state index < -0.39 is 5.82 Å². The molecule has 0 fully saturated rings. The van der Waals surface area contributed by atoms with Crippen molar-refractivity contribution < 1.29 is 4.39 Å². The second kappa shape index (κ2) is 5.41. The van der Waals surface area contributed by atoms with Gasteiger partial charge in [0.25, 0.3) is 0 Å². The van der Waals surface area contributed by atoms with Crippen molar-refractivity contribution in [1.29, 1.82) is 0 Å². The first kappa shape index (κ1) is 12.9. The maximum absolute atomic E-state index is 13.6. The van der Waals surface area contributed by atoms with E-state index in [0.29, 0.717) is 12.2 Å². The van der Waals surface area contributed by atoms with Crippen LogP contribution in [0.1, 0.15) is 16.3 Å². The molecular weight excluding hydrogens is 269 g/mol. The number of thiocarbonyl (C=S) groups is 1. The van der Waals surface area contributed by atoms with E-state index in [0.717, 1.165) is 10.7 Å². The van der Waals surface area contributed by atoms with Gasteiger partial charge in [-0.1, -0.05) is 18.3 Å². The van der Waals surface area contributed by atoms with Crippen LogP contribution in [0.4, 0.5) is 10.1 Å². The van der Waals surface area contributed by atoms with Gasteiger partial charge in [0.1, 0.15) is 15.8 Å². The molecule has 18 heavy (non-hydrogen) atoms. The summed E-state index contributed by atoms with van der Waals surface area (Å²) in [6.45, 7) is 2.46. The van der Waals surface area contributed by atoms with E-state index >= 15 is 0 Å². The summed E-state index contributed by atoms with van der Waals surface area (Å²) in [5, 5.41) is 6.01. The first-order valence-electron chi connectivity index (χ1n) is 5.31. The Morgan fingerprint density at radius 3 is 2.94 bits per heavy atom. The Morgan fingerprint density at radius 2 is 2.33 bits per heavy atom. The zero-order valence-electron chi connectivity index (χ0n) is 9.74. The minimum atomic E-state index is -0.414. The minimum absolute atomic E-state index is 0.0471. The van der Waals surface area contributed by atoms with Gasteiger partial charge in [0.05, 0.1) is 12.1 Å². The fourth-order valence-corrected chi connectivity index (χ4v) is 2.50. The van der Waals surface area contributed by atoms with E-state index in [-0.39, 0.29) is 10.6 Å². The molecule has 0 amide bonds. The number of hydrogen-bond donors (Lipinski definition) is 2. The summed E-state index contributed by atoms with van der Waals surface area (Å²) in [5.74, 6) is -0.414. The summed E-state index contributed by atoms with van der Waals surface area (Å²) in [5.41, 5.74) is 7.35. The molecule has 0 aliphatic heterocycles. The standard InChI is InChI=1S/C12H12FN3S2/c1-7-6-18-10(16-7)5-15-9-4-2-3-8(13)11(9)12(14)17/h2-4,6,15H,5H2,1H3,(H2,14,17). The summed E-state index contributed by atoms with van der Waals surface area (Å²) in [6.07, 6.45) is 0. The van der Waals surface area contributed by atoms with Crippen LogP contribution in [0.5, 0.6) is 0 Å². The minimum Gasteiger partial charge on any atom is -0.389 e. The van der Waals surface area contributed by atoms with E-state index in [1.54, 1.807) is 23.5 Å². The molecule has 0 aliphatic carbocycles. The highest BCUT2D eigenvalue weighted by Crippen LogP contribution is 2.20. The molecule has 3 nitrogen and oxygen atoms in total. The summed E-state index contributed by atoms with van der Waals surface area (Å²) < 4.78 is 13.6. The molecule has 0 spiro atoms. The molecule has 1 aromatic heterocycles. The summed E-state index contributed by atoms with van der Waals surface area (Å²) in [6, 6.07) is 4.71. The quantitative estimate of drug-likeness (QED) is 0.846. The third-order valence-electron chi connectivity index (χ3n) is 2.36. The molecule has 94 valence electrons. The van der Waals surface area contributed by atoms with Crippen LogP contribution < -0.4 is 11.1 Å². The van der Waals surface area contributed by atoms with Crippen molar-refractivity contribution in [3.05, 3.63) is 45.7 Å². The second-order valence-electron chi connectivity index (χ2n) is 3.76. The Balaban J connectivity index is 2.19. The molecule has 2 aromatic rings. The van der Waals surface area contributed by atoms with Crippen LogP contribution in [0.3, 0.4) is 0 Å². The van der Waals surface area contributed by atoms with Crippen LogP contribution >= 0.6 is 23.6 Å². The molecule has 1 heterocycles. The van der Waals surface area contributed by atoms with Crippen molar-refractivity contribution in [1.82, 2.24) is 4.98 Å². The summed E-state index contributed by atoms with van der Waals surface area (Å²) >= 11 is 6.41. The zero-order valence-corrected chi connectivity index (χ0v) is 11.4. The van der Waals surface area contributed by atoms with Gasteiger partial charge in [-0.25, -0.2) is 9.37 Å². The summed E-state index contributed by atoms with van der Waals surface area (Å²) in [7, 11) is 0. The number of anilines is 1. The largest absolute Gasteiger partial charge is 0.389 e. The van der Waals surface area contributed by atoms with Crippen molar-refractivity contribution in [2.75, 3.05) is 5.32 Å². The van der Waals surface area contributed by atoms with E-state index in [1.165, 1.54) is 6.07 Å². The smallest absolute Gasteiger partial charge is 0.135 e. The molecule has 1 aromatic carbocycles. The van der Waals surface area contributed by atoms with Crippen molar-refractivity contribution >= 4 is 34.2 Å². The Morgan fingerprint density at radius 1 is 1.56 bits per heavy atom. The van der Waals surface area contributed by atoms with E-state index in [4.69, 9.17) is 18.0 Å². The predicted octanol–water partition coefficient (Wildman–Crippen LogP) is 2.84. The van der Waals surface area contributed by atoms with Gasteiger partial charge < -0.3 is 11.1 Å². The van der Waals surface area contributed by atoms with Gasteiger partial charge in [0.15, 0.2) is 0 Å². The maximum atomic E-state index is 13.6. The van der Waals surface area contributed by atoms with Gasteiger partial charge in [-0.05, 0) is 19.1 Å².